The van der Waals surface area contributed by atoms with E-state index in [0.29, 0.717) is 12.0 Å². The molecule has 0 heterocycles. The van der Waals surface area contributed by atoms with E-state index in [0.717, 1.165) is 19.3 Å². The fourth-order valence-electron chi connectivity index (χ4n) is 4.21. The Kier molecular flexibility index (Phi) is 23.3. The van der Waals surface area contributed by atoms with Gasteiger partial charge in [0.05, 0.1) is 0 Å². The van der Waals surface area contributed by atoms with Gasteiger partial charge < -0.3 is 5.11 Å². The molecule has 0 aliphatic rings. The van der Waals surface area contributed by atoms with E-state index in [1.807, 2.05) is 6.07 Å². The van der Waals surface area contributed by atoms with E-state index in [9.17, 15) is 14.7 Å². The van der Waals surface area contributed by atoms with Crippen LogP contribution in [0.15, 0.2) is 30.3 Å². The topological polar surface area (TPSA) is 54.4 Å². The molecule has 1 aromatic rings. The Hall–Kier alpha value is -1.64. The molecule has 3 nitrogen and oxygen atoms in total. The number of carbonyl (C=O) groups is 2. The van der Waals surface area contributed by atoms with Gasteiger partial charge in [0.25, 0.3) is 0 Å². The molecule has 196 valence electrons. The highest BCUT2D eigenvalue weighted by atomic mass is 16.4. The molecular formula is C31H54O3. The average molecular weight is 475 g/mol. The van der Waals surface area contributed by atoms with E-state index in [1.54, 1.807) is 24.3 Å². The predicted octanol–water partition coefficient (Wildman–Crippen LogP) is 10.0. The van der Waals surface area contributed by atoms with Crippen LogP contribution in [0.4, 0.5) is 0 Å². The van der Waals surface area contributed by atoms with E-state index in [2.05, 4.69) is 20.8 Å². The number of hydrogen-bond donors (Lipinski definition) is 1. The summed E-state index contributed by atoms with van der Waals surface area (Å²) in [5.41, 5.74) is 0.500. The predicted molar refractivity (Wildman–Crippen MR) is 147 cm³/mol. The molecule has 3 heteroatoms. The number of ketones is 1. The van der Waals surface area contributed by atoms with E-state index in [-0.39, 0.29) is 5.78 Å². The first-order valence-electron chi connectivity index (χ1n) is 14.4. The van der Waals surface area contributed by atoms with E-state index < -0.39 is 11.9 Å². The van der Waals surface area contributed by atoms with Crippen molar-refractivity contribution in [1.82, 2.24) is 0 Å². The number of rotatable bonds is 21. The molecule has 1 rings (SSSR count). The molecule has 34 heavy (non-hydrogen) atoms. The minimum absolute atomic E-state index is 0.261. The standard InChI is InChI=1S/C25H40O3.C6H14/c1-2-3-4-5-6-7-8-9-10-11-12-13-14-18-21-23(25(27)28)24(26)22-19-16-15-17-20-22;1-3-5-6-4-2/h15-17,19-20,23H,2-14,18,21H2,1H3,(H,27,28);3-6H2,1-2H3. The summed E-state index contributed by atoms with van der Waals surface area (Å²) in [6.45, 7) is 6.72. The van der Waals surface area contributed by atoms with Crippen LogP contribution in [0, 0.1) is 5.92 Å². The summed E-state index contributed by atoms with van der Waals surface area (Å²) in [7, 11) is 0. The minimum Gasteiger partial charge on any atom is -0.481 e. The molecule has 0 bridgehead atoms. The van der Waals surface area contributed by atoms with Crippen molar-refractivity contribution >= 4 is 11.8 Å². The van der Waals surface area contributed by atoms with Gasteiger partial charge in [0.2, 0.25) is 0 Å². The Morgan fingerprint density at radius 3 is 1.32 bits per heavy atom. The van der Waals surface area contributed by atoms with Crippen LogP contribution in [-0.2, 0) is 4.79 Å². The molecule has 1 N–H and O–H groups in total. The third kappa shape index (κ3) is 18.7. The van der Waals surface area contributed by atoms with Gasteiger partial charge in [-0.25, -0.2) is 0 Å². The molecule has 0 spiro atoms. The van der Waals surface area contributed by atoms with Crippen molar-refractivity contribution < 1.29 is 14.7 Å². The van der Waals surface area contributed by atoms with Crippen molar-refractivity contribution in [2.24, 2.45) is 5.92 Å². The Morgan fingerprint density at radius 2 is 0.941 bits per heavy atom. The Balaban J connectivity index is 0.00000160. The average Bonchev–Trinajstić information content (AvgIpc) is 2.85. The van der Waals surface area contributed by atoms with Crippen molar-refractivity contribution in [2.75, 3.05) is 0 Å². The highest BCUT2D eigenvalue weighted by Gasteiger charge is 2.26. The Morgan fingerprint density at radius 1 is 0.588 bits per heavy atom. The highest BCUT2D eigenvalue weighted by molar-refractivity contribution is 6.08. The number of carboxylic acid groups (broad SMARTS) is 1. The minimum atomic E-state index is -0.997. The van der Waals surface area contributed by atoms with E-state index in [4.69, 9.17) is 0 Å². The van der Waals surface area contributed by atoms with Crippen LogP contribution < -0.4 is 0 Å². The second-order valence-electron chi connectivity index (χ2n) is 9.71. The fourth-order valence-corrected chi connectivity index (χ4v) is 4.21. The summed E-state index contributed by atoms with van der Waals surface area (Å²) >= 11 is 0. The van der Waals surface area contributed by atoms with Gasteiger partial charge in [-0.2, -0.15) is 0 Å². The summed E-state index contributed by atoms with van der Waals surface area (Å²) in [4.78, 5) is 23.8. The number of Topliss-reactive ketones (excluding diaryl/α,β-unsaturated/α-hetero) is 1. The van der Waals surface area contributed by atoms with Gasteiger partial charge in [0.1, 0.15) is 5.92 Å². The van der Waals surface area contributed by atoms with Crippen molar-refractivity contribution in [2.45, 2.75) is 143 Å². The van der Waals surface area contributed by atoms with Crippen molar-refractivity contribution in [3.8, 4) is 0 Å². The third-order valence-corrected chi connectivity index (χ3v) is 6.48. The summed E-state index contributed by atoms with van der Waals surface area (Å²) in [5.74, 6) is -2.16. The monoisotopic (exact) mass is 474 g/mol. The van der Waals surface area contributed by atoms with Gasteiger partial charge in [0, 0.05) is 5.56 Å². The van der Waals surface area contributed by atoms with Crippen molar-refractivity contribution in [3.05, 3.63) is 35.9 Å². The van der Waals surface area contributed by atoms with Crippen LogP contribution >= 0.6 is 0 Å². The lowest BCUT2D eigenvalue weighted by molar-refractivity contribution is -0.140. The molecule has 1 unspecified atom stereocenters. The zero-order valence-corrected chi connectivity index (χ0v) is 22.7. The first-order chi connectivity index (χ1) is 16.6. The van der Waals surface area contributed by atoms with Gasteiger partial charge in [-0.3, -0.25) is 9.59 Å². The smallest absolute Gasteiger partial charge is 0.314 e. The van der Waals surface area contributed by atoms with Crippen LogP contribution in [0.2, 0.25) is 0 Å². The molecule has 0 aliphatic heterocycles. The maximum absolute atomic E-state index is 12.4. The Labute approximate surface area is 211 Å². The second-order valence-corrected chi connectivity index (χ2v) is 9.71. The van der Waals surface area contributed by atoms with Crippen LogP contribution in [0.1, 0.15) is 153 Å². The molecule has 0 saturated heterocycles. The summed E-state index contributed by atoms with van der Waals surface area (Å²) < 4.78 is 0. The summed E-state index contributed by atoms with van der Waals surface area (Å²) in [6, 6.07) is 8.78. The molecule has 0 aromatic heterocycles. The molecule has 1 aromatic carbocycles. The summed E-state index contributed by atoms with van der Waals surface area (Å²) in [6.07, 6.45) is 23.8. The molecule has 0 saturated carbocycles. The number of aliphatic carboxylic acids is 1. The van der Waals surface area contributed by atoms with E-state index >= 15 is 0 Å². The first kappa shape index (κ1) is 32.4. The van der Waals surface area contributed by atoms with Crippen LogP contribution in [0.3, 0.4) is 0 Å². The highest BCUT2D eigenvalue weighted by Crippen LogP contribution is 2.18. The molecule has 0 aliphatic carbocycles. The second kappa shape index (κ2) is 24.5. The number of hydrogen-bond acceptors (Lipinski definition) is 2. The van der Waals surface area contributed by atoms with Crippen molar-refractivity contribution in [3.63, 3.8) is 0 Å². The van der Waals surface area contributed by atoms with Gasteiger partial charge in [-0.1, -0.05) is 167 Å². The third-order valence-electron chi connectivity index (χ3n) is 6.48. The quantitative estimate of drug-likeness (QED) is 0.109. The van der Waals surface area contributed by atoms with Crippen LogP contribution in [0.25, 0.3) is 0 Å². The molecular weight excluding hydrogens is 420 g/mol. The lowest BCUT2D eigenvalue weighted by Crippen LogP contribution is -2.23. The lowest BCUT2D eigenvalue weighted by Gasteiger charge is -2.11. The molecule has 1 atom stereocenters. The zero-order chi connectivity index (χ0) is 25.3. The van der Waals surface area contributed by atoms with Gasteiger partial charge >= 0.3 is 5.97 Å². The maximum Gasteiger partial charge on any atom is 0.314 e. The number of carbonyl (C=O) groups excluding carboxylic acids is 1. The number of benzene rings is 1. The van der Waals surface area contributed by atoms with Crippen LogP contribution in [0.5, 0.6) is 0 Å². The van der Waals surface area contributed by atoms with Crippen LogP contribution in [-0.4, -0.2) is 16.9 Å². The molecule has 0 radical (unpaired) electrons. The Bertz CT molecular complexity index is 578. The normalized spacial score (nSPS) is 11.5. The number of carboxylic acids is 1. The SMILES string of the molecule is CCCCCC.CCCCCCCCCCCCCCCCC(C(=O)O)C(=O)c1ccccc1. The number of unbranched alkanes of at least 4 members (excludes halogenated alkanes) is 16. The van der Waals surface area contributed by atoms with Gasteiger partial charge in [-0.05, 0) is 6.42 Å². The zero-order valence-electron chi connectivity index (χ0n) is 22.7. The molecule has 0 amide bonds. The van der Waals surface area contributed by atoms with Crippen molar-refractivity contribution in [1.29, 1.82) is 0 Å². The fraction of sp³-hybridized carbons (Fsp3) is 0.742. The molecule has 0 fully saturated rings. The van der Waals surface area contributed by atoms with Gasteiger partial charge in [-0.15, -0.1) is 0 Å². The largest absolute Gasteiger partial charge is 0.481 e. The van der Waals surface area contributed by atoms with E-state index in [1.165, 1.54) is 96.3 Å². The first-order valence-corrected chi connectivity index (χ1v) is 14.4. The lowest BCUT2D eigenvalue weighted by atomic mass is 9.92. The summed E-state index contributed by atoms with van der Waals surface area (Å²) in [5, 5.41) is 9.39. The van der Waals surface area contributed by atoms with Gasteiger partial charge in [0.15, 0.2) is 5.78 Å². The maximum atomic E-state index is 12.4.